The predicted molar refractivity (Wildman–Crippen MR) is 166 cm³/mol. The summed E-state index contributed by atoms with van der Waals surface area (Å²) in [6, 6.07) is 24.7. The fraction of sp³-hybridized carbons (Fsp3) is 0.324. The molecule has 3 aromatic carbocycles. The summed E-state index contributed by atoms with van der Waals surface area (Å²) >= 11 is 0. The van der Waals surface area contributed by atoms with Crippen molar-refractivity contribution >= 4 is 11.4 Å². The molecule has 0 saturated carbocycles. The minimum atomic E-state index is -0.566. The standard InChI is InChI=1S/C34H38N4O3/c1-6-10-30-25(22-38(31(7-2)35-30)26-17-19-27(20-18-26)40-34(3,4)5)21-23-13-15-24(16-14-23)28-11-8-9-12-29(28)32-36-33(39)41-37-32/h8-9,11-20,22,31H,6-7,10,21H2,1-5H3,(H,36,37,39). The van der Waals surface area contributed by atoms with Crippen molar-refractivity contribution in [1.29, 1.82) is 0 Å². The van der Waals surface area contributed by atoms with Crippen LogP contribution in [0.2, 0.25) is 0 Å². The molecular weight excluding hydrogens is 512 g/mol. The number of nitrogens with one attached hydrogen (secondary N) is 1. The van der Waals surface area contributed by atoms with E-state index in [1.165, 1.54) is 16.8 Å². The lowest BCUT2D eigenvalue weighted by Crippen LogP contribution is -2.34. The number of aromatic nitrogens is 2. The summed E-state index contributed by atoms with van der Waals surface area (Å²) in [7, 11) is 0. The van der Waals surface area contributed by atoms with Crippen molar-refractivity contribution in [3.8, 4) is 28.3 Å². The van der Waals surface area contributed by atoms with Crippen LogP contribution in [0, 0.1) is 0 Å². The van der Waals surface area contributed by atoms with Gasteiger partial charge in [0, 0.05) is 29.6 Å². The van der Waals surface area contributed by atoms with Crippen LogP contribution in [0.4, 0.5) is 5.69 Å². The van der Waals surface area contributed by atoms with E-state index in [1.54, 1.807) is 0 Å². The molecule has 4 aromatic rings. The summed E-state index contributed by atoms with van der Waals surface area (Å²) in [4.78, 5) is 21.7. The Morgan fingerprint density at radius 1 is 0.951 bits per heavy atom. The highest BCUT2D eigenvalue weighted by Crippen LogP contribution is 2.32. The maximum atomic E-state index is 11.5. The summed E-state index contributed by atoms with van der Waals surface area (Å²) in [6.45, 7) is 10.6. The SMILES string of the molecule is CCCC1=NC(CC)N(c2ccc(OC(C)(C)C)cc2)C=C1Cc1ccc(-c2ccccc2-c2noc(=O)[nH]2)cc1. The third kappa shape index (κ3) is 6.68. The summed E-state index contributed by atoms with van der Waals surface area (Å²) in [5, 5.41) is 3.88. The first kappa shape index (κ1) is 28.1. The first-order valence-electron chi connectivity index (χ1n) is 14.3. The molecule has 0 fully saturated rings. The second-order valence-corrected chi connectivity index (χ2v) is 11.3. The van der Waals surface area contributed by atoms with Crippen LogP contribution < -0.4 is 15.4 Å². The van der Waals surface area contributed by atoms with Crippen LogP contribution in [0.1, 0.15) is 59.4 Å². The Morgan fingerprint density at radius 2 is 1.66 bits per heavy atom. The van der Waals surface area contributed by atoms with Gasteiger partial charge < -0.3 is 9.64 Å². The summed E-state index contributed by atoms with van der Waals surface area (Å²) in [6.07, 6.45) is 6.06. The first-order valence-corrected chi connectivity index (χ1v) is 14.3. The number of aliphatic imine (C=N–C) groups is 1. The molecular formula is C34H38N4O3. The molecule has 0 aliphatic carbocycles. The number of H-pyrrole nitrogens is 1. The fourth-order valence-corrected chi connectivity index (χ4v) is 5.15. The Bertz CT molecular complexity index is 1590. The number of hydrogen-bond acceptors (Lipinski definition) is 6. The Hall–Kier alpha value is -4.39. The molecule has 41 heavy (non-hydrogen) atoms. The van der Waals surface area contributed by atoms with Crippen LogP contribution in [0.5, 0.6) is 5.75 Å². The van der Waals surface area contributed by atoms with Crippen LogP contribution in [-0.2, 0) is 6.42 Å². The van der Waals surface area contributed by atoms with Crippen LogP contribution in [0.3, 0.4) is 0 Å². The van der Waals surface area contributed by atoms with Crippen LogP contribution in [0.15, 0.2) is 98.9 Å². The van der Waals surface area contributed by atoms with Gasteiger partial charge in [-0.25, -0.2) is 4.79 Å². The molecule has 212 valence electrons. The zero-order chi connectivity index (χ0) is 29.0. The second kappa shape index (κ2) is 12.0. The van der Waals surface area contributed by atoms with Crippen LogP contribution in [0.25, 0.3) is 22.5 Å². The summed E-state index contributed by atoms with van der Waals surface area (Å²) in [5.74, 6) is 0.720. The van der Waals surface area contributed by atoms with E-state index in [9.17, 15) is 4.79 Å². The average molecular weight is 551 g/mol. The molecule has 0 saturated heterocycles. The van der Waals surface area contributed by atoms with E-state index in [2.05, 4.69) is 92.3 Å². The maximum absolute atomic E-state index is 11.5. The van der Waals surface area contributed by atoms with Crippen molar-refractivity contribution in [3.63, 3.8) is 0 Å². The van der Waals surface area contributed by atoms with E-state index < -0.39 is 5.76 Å². The van der Waals surface area contributed by atoms with Gasteiger partial charge in [0.1, 0.15) is 17.5 Å². The Balaban J connectivity index is 1.41. The number of anilines is 1. The molecule has 0 bridgehead atoms. The molecule has 1 atom stereocenters. The minimum absolute atomic E-state index is 0.0662. The van der Waals surface area contributed by atoms with Gasteiger partial charge in [-0.1, -0.05) is 74.0 Å². The van der Waals surface area contributed by atoms with Gasteiger partial charge in [0.05, 0.1) is 0 Å². The largest absolute Gasteiger partial charge is 0.488 e. The highest BCUT2D eigenvalue weighted by atomic mass is 16.5. The Morgan fingerprint density at radius 3 is 2.27 bits per heavy atom. The smallest absolute Gasteiger partial charge is 0.439 e. The minimum Gasteiger partial charge on any atom is -0.488 e. The number of nitrogens with zero attached hydrogens (tertiary/aromatic N) is 3. The van der Waals surface area contributed by atoms with Crippen LogP contribution in [-0.4, -0.2) is 27.6 Å². The van der Waals surface area contributed by atoms with Crippen molar-refractivity contribution in [1.82, 2.24) is 10.1 Å². The zero-order valence-corrected chi connectivity index (χ0v) is 24.5. The molecule has 0 amide bonds. The first-order chi connectivity index (χ1) is 19.7. The van der Waals surface area contributed by atoms with Crippen molar-refractivity contribution in [3.05, 3.63) is 101 Å². The van der Waals surface area contributed by atoms with Crippen LogP contribution >= 0.6 is 0 Å². The monoisotopic (exact) mass is 550 g/mol. The number of ether oxygens (including phenoxy) is 1. The van der Waals surface area contributed by atoms with Gasteiger partial charge in [0.25, 0.3) is 0 Å². The van der Waals surface area contributed by atoms with Crippen molar-refractivity contribution in [2.45, 2.75) is 72.1 Å². The second-order valence-electron chi connectivity index (χ2n) is 11.3. The highest BCUT2D eigenvalue weighted by molar-refractivity contribution is 6.02. The van der Waals surface area contributed by atoms with Gasteiger partial charge in [-0.2, -0.15) is 0 Å². The molecule has 2 heterocycles. The highest BCUT2D eigenvalue weighted by Gasteiger charge is 2.24. The molecule has 1 aromatic heterocycles. The number of hydrogen-bond donors (Lipinski definition) is 1. The van der Waals surface area contributed by atoms with E-state index in [0.717, 1.165) is 53.8 Å². The van der Waals surface area contributed by atoms with Crippen molar-refractivity contribution in [2.75, 3.05) is 4.90 Å². The molecule has 1 aliphatic rings. The number of aromatic amines is 1. The van der Waals surface area contributed by atoms with Gasteiger partial charge in [-0.15, -0.1) is 0 Å². The molecule has 7 heteroatoms. The van der Waals surface area contributed by atoms with Gasteiger partial charge in [0.15, 0.2) is 5.82 Å². The lowest BCUT2D eigenvalue weighted by atomic mass is 9.94. The van der Waals surface area contributed by atoms with Gasteiger partial charge in [-0.3, -0.25) is 14.5 Å². The quantitative estimate of drug-likeness (QED) is 0.230. The van der Waals surface area contributed by atoms with E-state index in [4.69, 9.17) is 14.3 Å². The van der Waals surface area contributed by atoms with Crippen molar-refractivity contribution < 1.29 is 9.26 Å². The van der Waals surface area contributed by atoms with E-state index in [0.29, 0.717) is 5.82 Å². The lowest BCUT2D eigenvalue weighted by Gasteiger charge is -2.33. The van der Waals surface area contributed by atoms with E-state index in [-0.39, 0.29) is 11.8 Å². The normalized spacial score (nSPS) is 15.4. The number of benzene rings is 3. The van der Waals surface area contributed by atoms with E-state index >= 15 is 0 Å². The number of allylic oxidation sites excluding steroid dienone is 1. The fourth-order valence-electron chi connectivity index (χ4n) is 5.15. The zero-order valence-electron chi connectivity index (χ0n) is 24.5. The van der Waals surface area contributed by atoms with Gasteiger partial charge in [-0.05, 0) is 80.1 Å². The Kier molecular flexibility index (Phi) is 8.24. The summed E-state index contributed by atoms with van der Waals surface area (Å²) < 4.78 is 10.8. The maximum Gasteiger partial charge on any atom is 0.439 e. The molecule has 5 rings (SSSR count). The number of rotatable bonds is 9. The van der Waals surface area contributed by atoms with Crippen molar-refractivity contribution in [2.24, 2.45) is 4.99 Å². The molecule has 0 spiro atoms. The molecule has 1 N–H and O–H groups in total. The summed E-state index contributed by atoms with van der Waals surface area (Å²) in [5.41, 5.74) is 7.33. The van der Waals surface area contributed by atoms with Gasteiger partial charge >= 0.3 is 5.76 Å². The Labute approximate surface area is 241 Å². The molecule has 7 nitrogen and oxygen atoms in total. The molecule has 1 aliphatic heterocycles. The molecule has 1 unspecified atom stereocenters. The average Bonchev–Trinajstić information content (AvgIpc) is 3.40. The third-order valence-corrected chi connectivity index (χ3v) is 6.98. The van der Waals surface area contributed by atoms with E-state index in [1.807, 2.05) is 36.4 Å². The van der Waals surface area contributed by atoms with Gasteiger partial charge in [0.2, 0.25) is 0 Å². The lowest BCUT2D eigenvalue weighted by molar-refractivity contribution is 0.131. The molecule has 0 radical (unpaired) electrons. The topological polar surface area (TPSA) is 83.7 Å². The predicted octanol–water partition coefficient (Wildman–Crippen LogP) is 7.80. The third-order valence-electron chi connectivity index (χ3n) is 6.98.